The van der Waals surface area contributed by atoms with Crippen molar-refractivity contribution >= 4 is 34.5 Å². The fourth-order valence-electron chi connectivity index (χ4n) is 2.95. The molecule has 1 unspecified atom stereocenters. The molecule has 1 heterocycles. The third kappa shape index (κ3) is 5.11. The summed E-state index contributed by atoms with van der Waals surface area (Å²) in [4.78, 5) is 29.2. The van der Waals surface area contributed by atoms with E-state index in [0.29, 0.717) is 30.3 Å². The molecule has 0 aliphatic carbocycles. The third-order valence-corrected chi connectivity index (χ3v) is 4.26. The van der Waals surface area contributed by atoms with Crippen LogP contribution in [0.2, 0.25) is 0 Å². The summed E-state index contributed by atoms with van der Waals surface area (Å²) in [6.07, 6.45) is -0.547. The number of nitrogens with zero attached hydrogens (tertiary/aromatic N) is 2. The summed E-state index contributed by atoms with van der Waals surface area (Å²) < 4.78 is 1.76. The number of benzene rings is 2. The first-order valence-corrected chi connectivity index (χ1v) is 9.53. The van der Waals surface area contributed by atoms with Gasteiger partial charge >= 0.3 is 0 Å². The van der Waals surface area contributed by atoms with Crippen molar-refractivity contribution in [3.63, 3.8) is 0 Å². The predicted molar refractivity (Wildman–Crippen MR) is 113 cm³/mol. The molecule has 2 amide bonds. The summed E-state index contributed by atoms with van der Waals surface area (Å²) in [5.41, 5.74) is 2.59. The minimum atomic E-state index is -0.547. The molecule has 8 heteroatoms. The van der Waals surface area contributed by atoms with Gasteiger partial charge in [-0.05, 0) is 44.2 Å². The van der Waals surface area contributed by atoms with Gasteiger partial charge in [-0.3, -0.25) is 9.59 Å². The SMILES string of the molecule is CCNC(=O)c1cccc(NC(=O)Cn2c(NCC(C)O)nc3ccccc32)c1. The van der Waals surface area contributed by atoms with E-state index in [-0.39, 0.29) is 18.4 Å². The van der Waals surface area contributed by atoms with Crippen LogP contribution < -0.4 is 16.0 Å². The molecule has 4 N–H and O–H groups in total. The molecule has 152 valence electrons. The number of aromatic nitrogens is 2. The van der Waals surface area contributed by atoms with Crippen LogP contribution in [0.4, 0.5) is 11.6 Å². The molecule has 2 aromatic carbocycles. The summed E-state index contributed by atoms with van der Waals surface area (Å²) in [7, 11) is 0. The summed E-state index contributed by atoms with van der Waals surface area (Å²) in [6.45, 7) is 4.41. The smallest absolute Gasteiger partial charge is 0.251 e. The Morgan fingerprint density at radius 3 is 2.72 bits per heavy atom. The Kier molecular flexibility index (Phi) is 6.46. The molecule has 3 aromatic rings. The fraction of sp³-hybridized carbons (Fsp3) is 0.286. The Morgan fingerprint density at radius 2 is 1.97 bits per heavy atom. The van der Waals surface area contributed by atoms with Crippen LogP contribution in [-0.2, 0) is 11.3 Å². The molecular formula is C21H25N5O3. The molecule has 0 aliphatic rings. The number of anilines is 2. The first-order valence-electron chi connectivity index (χ1n) is 9.53. The summed E-state index contributed by atoms with van der Waals surface area (Å²) in [5.74, 6) is 0.0773. The lowest BCUT2D eigenvalue weighted by atomic mass is 10.2. The van der Waals surface area contributed by atoms with Gasteiger partial charge in [0.2, 0.25) is 11.9 Å². The molecule has 8 nitrogen and oxygen atoms in total. The fourth-order valence-corrected chi connectivity index (χ4v) is 2.95. The minimum Gasteiger partial charge on any atom is -0.392 e. The molecule has 1 aromatic heterocycles. The van der Waals surface area contributed by atoms with Gasteiger partial charge in [0, 0.05) is 24.3 Å². The van der Waals surface area contributed by atoms with Crippen LogP contribution in [0.15, 0.2) is 48.5 Å². The summed E-state index contributed by atoms with van der Waals surface area (Å²) in [5, 5.41) is 18.2. The van der Waals surface area contributed by atoms with Gasteiger partial charge in [-0.1, -0.05) is 18.2 Å². The van der Waals surface area contributed by atoms with Gasteiger partial charge < -0.3 is 25.6 Å². The maximum atomic E-state index is 12.7. The lowest BCUT2D eigenvalue weighted by molar-refractivity contribution is -0.116. The second-order valence-corrected chi connectivity index (χ2v) is 6.73. The van der Waals surface area contributed by atoms with Gasteiger partial charge in [-0.2, -0.15) is 0 Å². The number of carbonyl (C=O) groups excluding carboxylic acids is 2. The lowest BCUT2D eigenvalue weighted by Crippen LogP contribution is -2.24. The lowest BCUT2D eigenvalue weighted by Gasteiger charge is -2.12. The monoisotopic (exact) mass is 395 g/mol. The van der Waals surface area contributed by atoms with Crippen LogP contribution >= 0.6 is 0 Å². The van der Waals surface area contributed by atoms with Crippen molar-refractivity contribution in [1.82, 2.24) is 14.9 Å². The van der Waals surface area contributed by atoms with Gasteiger partial charge in [0.05, 0.1) is 17.1 Å². The highest BCUT2D eigenvalue weighted by Crippen LogP contribution is 2.20. The van der Waals surface area contributed by atoms with E-state index in [9.17, 15) is 14.7 Å². The van der Waals surface area contributed by atoms with Gasteiger partial charge in [0.15, 0.2) is 0 Å². The average Bonchev–Trinajstić information content (AvgIpc) is 3.04. The number of hydrogen-bond donors (Lipinski definition) is 4. The number of para-hydroxylation sites is 2. The largest absolute Gasteiger partial charge is 0.392 e. The van der Waals surface area contributed by atoms with E-state index >= 15 is 0 Å². The normalized spacial score (nSPS) is 11.8. The van der Waals surface area contributed by atoms with Crippen LogP contribution in [-0.4, -0.2) is 45.7 Å². The van der Waals surface area contributed by atoms with Crippen molar-refractivity contribution in [2.75, 3.05) is 23.7 Å². The zero-order valence-corrected chi connectivity index (χ0v) is 16.5. The van der Waals surface area contributed by atoms with Gasteiger partial charge in [-0.25, -0.2) is 4.98 Å². The third-order valence-electron chi connectivity index (χ3n) is 4.26. The number of fused-ring (bicyclic) bond motifs is 1. The van der Waals surface area contributed by atoms with Crippen molar-refractivity contribution in [2.45, 2.75) is 26.5 Å². The maximum absolute atomic E-state index is 12.7. The van der Waals surface area contributed by atoms with Crippen LogP contribution in [0, 0.1) is 0 Å². The minimum absolute atomic E-state index is 0.0358. The Bertz CT molecular complexity index is 1010. The molecule has 0 fully saturated rings. The first kappa shape index (κ1) is 20.3. The molecular weight excluding hydrogens is 370 g/mol. The van der Waals surface area contributed by atoms with E-state index in [4.69, 9.17) is 0 Å². The molecule has 0 saturated heterocycles. The van der Waals surface area contributed by atoms with Crippen LogP contribution in [0.1, 0.15) is 24.2 Å². The number of hydrogen-bond acceptors (Lipinski definition) is 5. The zero-order valence-electron chi connectivity index (χ0n) is 16.5. The maximum Gasteiger partial charge on any atom is 0.251 e. The number of amides is 2. The Morgan fingerprint density at radius 1 is 1.17 bits per heavy atom. The van der Waals surface area contributed by atoms with E-state index < -0.39 is 6.10 Å². The second kappa shape index (κ2) is 9.20. The van der Waals surface area contributed by atoms with Gasteiger partial charge in [0.25, 0.3) is 5.91 Å². The number of carbonyl (C=O) groups is 2. The number of rotatable bonds is 8. The zero-order chi connectivity index (χ0) is 20.8. The number of imidazole rings is 1. The van der Waals surface area contributed by atoms with E-state index in [0.717, 1.165) is 11.0 Å². The van der Waals surface area contributed by atoms with E-state index in [2.05, 4.69) is 20.9 Å². The molecule has 0 spiro atoms. The Balaban J connectivity index is 1.78. The van der Waals surface area contributed by atoms with Crippen molar-refractivity contribution in [1.29, 1.82) is 0 Å². The topological polar surface area (TPSA) is 108 Å². The highest BCUT2D eigenvalue weighted by atomic mass is 16.3. The highest BCUT2D eigenvalue weighted by molar-refractivity contribution is 5.97. The Hall–Kier alpha value is -3.39. The molecule has 0 radical (unpaired) electrons. The van der Waals surface area contributed by atoms with Crippen molar-refractivity contribution < 1.29 is 14.7 Å². The van der Waals surface area contributed by atoms with Crippen molar-refractivity contribution in [3.05, 3.63) is 54.1 Å². The molecule has 0 bridgehead atoms. The second-order valence-electron chi connectivity index (χ2n) is 6.73. The first-order chi connectivity index (χ1) is 14.0. The summed E-state index contributed by atoms with van der Waals surface area (Å²) >= 11 is 0. The number of nitrogens with one attached hydrogen (secondary N) is 3. The molecule has 0 aliphatic heterocycles. The molecule has 1 atom stereocenters. The molecule has 29 heavy (non-hydrogen) atoms. The standard InChI is InChI=1S/C21H25N5O3/c1-3-22-20(29)15-7-6-8-16(11-15)24-19(28)13-26-18-10-5-4-9-17(18)25-21(26)23-12-14(2)27/h4-11,14,27H,3,12-13H2,1-2H3,(H,22,29)(H,23,25)(H,24,28). The van der Waals surface area contributed by atoms with E-state index in [1.807, 2.05) is 31.2 Å². The summed E-state index contributed by atoms with van der Waals surface area (Å²) in [6, 6.07) is 14.3. The number of aliphatic hydroxyl groups excluding tert-OH is 1. The predicted octanol–water partition coefficient (Wildman–Crippen LogP) is 2.22. The van der Waals surface area contributed by atoms with Crippen molar-refractivity contribution in [3.8, 4) is 0 Å². The van der Waals surface area contributed by atoms with Crippen LogP contribution in [0.3, 0.4) is 0 Å². The molecule has 3 rings (SSSR count). The molecule has 0 saturated carbocycles. The van der Waals surface area contributed by atoms with Crippen LogP contribution in [0.5, 0.6) is 0 Å². The quantitative estimate of drug-likeness (QED) is 0.468. The van der Waals surface area contributed by atoms with E-state index in [1.54, 1.807) is 35.8 Å². The van der Waals surface area contributed by atoms with Gasteiger partial charge in [0.1, 0.15) is 6.54 Å². The average molecular weight is 395 g/mol. The van der Waals surface area contributed by atoms with Crippen LogP contribution in [0.25, 0.3) is 11.0 Å². The van der Waals surface area contributed by atoms with E-state index in [1.165, 1.54) is 0 Å². The van der Waals surface area contributed by atoms with Gasteiger partial charge in [-0.15, -0.1) is 0 Å². The Labute approximate surface area is 168 Å². The number of aliphatic hydroxyl groups is 1. The highest BCUT2D eigenvalue weighted by Gasteiger charge is 2.14. The van der Waals surface area contributed by atoms with Crippen molar-refractivity contribution in [2.24, 2.45) is 0 Å².